The van der Waals surface area contributed by atoms with E-state index < -0.39 is 12.0 Å². The average molecular weight is 284 g/mol. The first-order valence-corrected chi connectivity index (χ1v) is 7.73. The summed E-state index contributed by atoms with van der Waals surface area (Å²) < 4.78 is 0. The third-order valence-corrected chi connectivity index (χ3v) is 4.45. The van der Waals surface area contributed by atoms with Crippen LogP contribution in [0.1, 0.15) is 58.8 Å². The lowest BCUT2D eigenvalue weighted by Crippen LogP contribution is -2.51. The lowest BCUT2D eigenvalue weighted by Gasteiger charge is -2.30. The Kier molecular flexibility index (Phi) is 6.82. The number of hydrogen-bond acceptors (Lipinski definition) is 2. The van der Waals surface area contributed by atoms with Crippen LogP contribution in [-0.2, 0) is 4.79 Å². The third-order valence-electron chi connectivity index (χ3n) is 4.45. The van der Waals surface area contributed by atoms with Gasteiger partial charge >= 0.3 is 12.0 Å². The van der Waals surface area contributed by atoms with Gasteiger partial charge in [0.15, 0.2) is 0 Å². The molecule has 5 heteroatoms. The molecular weight excluding hydrogens is 256 g/mol. The molecule has 0 bridgehead atoms. The van der Waals surface area contributed by atoms with E-state index in [1.807, 2.05) is 13.8 Å². The van der Waals surface area contributed by atoms with E-state index in [9.17, 15) is 14.7 Å². The van der Waals surface area contributed by atoms with Gasteiger partial charge in [-0.3, -0.25) is 0 Å². The maximum Gasteiger partial charge on any atom is 0.326 e. The summed E-state index contributed by atoms with van der Waals surface area (Å²) in [4.78, 5) is 25.2. The summed E-state index contributed by atoms with van der Waals surface area (Å²) in [5.41, 5.74) is 0. The van der Waals surface area contributed by atoms with Crippen molar-refractivity contribution in [2.45, 2.75) is 70.9 Å². The van der Waals surface area contributed by atoms with Crippen molar-refractivity contribution in [2.24, 2.45) is 5.92 Å². The highest BCUT2D eigenvalue weighted by atomic mass is 16.4. The van der Waals surface area contributed by atoms with Gasteiger partial charge in [0.05, 0.1) is 0 Å². The SMILES string of the molecule is CC[C@H](C)[C@H](NC(=O)N(C)C1CCCCCC1)C(=O)O. The molecule has 5 nitrogen and oxygen atoms in total. The predicted molar refractivity (Wildman–Crippen MR) is 78.7 cm³/mol. The van der Waals surface area contributed by atoms with Gasteiger partial charge in [0.2, 0.25) is 0 Å². The Balaban J connectivity index is 2.60. The van der Waals surface area contributed by atoms with Gasteiger partial charge in [-0.05, 0) is 18.8 Å². The minimum Gasteiger partial charge on any atom is -0.480 e. The van der Waals surface area contributed by atoms with Gasteiger partial charge < -0.3 is 15.3 Å². The zero-order chi connectivity index (χ0) is 15.1. The van der Waals surface area contributed by atoms with Crippen molar-refractivity contribution in [1.29, 1.82) is 0 Å². The van der Waals surface area contributed by atoms with Crippen molar-refractivity contribution < 1.29 is 14.7 Å². The highest BCUT2D eigenvalue weighted by Crippen LogP contribution is 2.21. The molecule has 0 unspecified atom stereocenters. The molecule has 0 aromatic carbocycles. The Morgan fingerprint density at radius 3 is 2.25 bits per heavy atom. The Labute approximate surface area is 121 Å². The Bertz CT molecular complexity index is 325. The number of nitrogens with zero attached hydrogens (tertiary/aromatic N) is 1. The smallest absolute Gasteiger partial charge is 0.326 e. The monoisotopic (exact) mass is 284 g/mol. The quantitative estimate of drug-likeness (QED) is 0.763. The predicted octanol–water partition coefficient (Wildman–Crippen LogP) is 2.85. The fourth-order valence-corrected chi connectivity index (χ4v) is 2.73. The number of rotatable bonds is 5. The number of urea groups is 1. The maximum absolute atomic E-state index is 12.2. The van der Waals surface area contributed by atoms with E-state index in [1.165, 1.54) is 12.8 Å². The van der Waals surface area contributed by atoms with E-state index in [4.69, 9.17) is 0 Å². The molecule has 116 valence electrons. The van der Waals surface area contributed by atoms with E-state index in [0.717, 1.165) is 32.1 Å². The van der Waals surface area contributed by atoms with Crippen molar-refractivity contribution in [3.8, 4) is 0 Å². The number of carbonyl (C=O) groups excluding carboxylic acids is 1. The molecule has 2 amide bonds. The van der Waals surface area contributed by atoms with E-state index in [0.29, 0.717) is 0 Å². The molecule has 0 spiro atoms. The molecule has 20 heavy (non-hydrogen) atoms. The Hall–Kier alpha value is -1.26. The van der Waals surface area contributed by atoms with Crippen molar-refractivity contribution in [2.75, 3.05) is 7.05 Å². The van der Waals surface area contributed by atoms with Gasteiger partial charge in [-0.2, -0.15) is 0 Å². The summed E-state index contributed by atoms with van der Waals surface area (Å²) in [6, 6.07) is -0.825. The van der Waals surface area contributed by atoms with Gasteiger partial charge in [0, 0.05) is 13.1 Å². The fraction of sp³-hybridized carbons (Fsp3) is 0.867. The van der Waals surface area contributed by atoms with E-state index >= 15 is 0 Å². The van der Waals surface area contributed by atoms with Crippen molar-refractivity contribution >= 4 is 12.0 Å². The summed E-state index contributed by atoms with van der Waals surface area (Å²) in [7, 11) is 1.78. The Morgan fingerprint density at radius 1 is 1.25 bits per heavy atom. The highest BCUT2D eigenvalue weighted by Gasteiger charge is 2.28. The highest BCUT2D eigenvalue weighted by molar-refractivity contribution is 5.82. The zero-order valence-corrected chi connectivity index (χ0v) is 12.9. The van der Waals surface area contributed by atoms with Crippen molar-refractivity contribution in [3.05, 3.63) is 0 Å². The van der Waals surface area contributed by atoms with Crippen molar-refractivity contribution in [3.63, 3.8) is 0 Å². The number of nitrogens with one attached hydrogen (secondary N) is 1. The second-order valence-corrected chi connectivity index (χ2v) is 5.91. The number of hydrogen-bond donors (Lipinski definition) is 2. The van der Waals surface area contributed by atoms with Crippen LogP contribution in [0.15, 0.2) is 0 Å². The molecule has 1 aliphatic rings. The number of carboxylic acids is 1. The van der Waals surface area contributed by atoms with E-state index in [2.05, 4.69) is 5.32 Å². The van der Waals surface area contributed by atoms with Crippen molar-refractivity contribution in [1.82, 2.24) is 10.2 Å². The first kappa shape index (κ1) is 16.8. The minimum atomic E-state index is -0.957. The van der Waals surface area contributed by atoms with Crippen LogP contribution in [0.2, 0.25) is 0 Å². The Morgan fingerprint density at radius 2 is 1.80 bits per heavy atom. The lowest BCUT2D eigenvalue weighted by atomic mass is 9.99. The van der Waals surface area contributed by atoms with Gasteiger partial charge in [0.25, 0.3) is 0 Å². The molecule has 0 aromatic rings. The minimum absolute atomic E-state index is 0.0704. The van der Waals surface area contributed by atoms with Gasteiger partial charge in [-0.1, -0.05) is 46.0 Å². The number of carboxylic acid groups (broad SMARTS) is 1. The second kappa shape index (κ2) is 8.12. The molecule has 0 aliphatic heterocycles. The largest absolute Gasteiger partial charge is 0.480 e. The topological polar surface area (TPSA) is 69.6 Å². The van der Waals surface area contributed by atoms with Crippen LogP contribution < -0.4 is 5.32 Å². The molecular formula is C15H28N2O3. The molecule has 1 saturated carbocycles. The molecule has 1 rings (SSSR count). The molecule has 1 fully saturated rings. The number of aliphatic carboxylic acids is 1. The van der Waals surface area contributed by atoms with Crippen LogP contribution in [0.5, 0.6) is 0 Å². The summed E-state index contributed by atoms with van der Waals surface area (Å²) >= 11 is 0. The number of carbonyl (C=O) groups is 2. The molecule has 2 atom stereocenters. The van der Waals surface area contributed by atoms with Gasteiger partial charge in [-0.25, -0.2) is 9.59 Å². The third kappa shape index (κ3) is 4.69. The van der Waals surface area contributed by atoms with Crippen LogP contribution in [0.25, 0.3) is 0 Å². The van der Waals surface area contributed by atoms with E-state index in [1.54, 1.807) is 11.9 Å². The second-order valence-electron chi connectivity index (χ2n) is 5.91. The first-order valence-electron chi connectivity index (χ1n) is 7.73. The molecule has 2 N–H and O–H groups in total. The van der Waals surface area contributed by atoms with Crippen LogP contribution in [0.4, 0.5) is 4.79 Å². The lowest BCUT2D eigenvalue weighted by molar-refractivity contribution is -0.140. The summed E-state index contributed by atoms with van der Waals surface area (Å²) in [5.74, 6) is -1.03. The van der Waals surface area contributed by atoms with Crippen LogP contribution >= 0.6 is 0 Å². The summed E-state index contributed by atoms with van der Waals surface area (Å²) in [6.45, 7) is 3.78. The molecule has 1 aliphatic carbocycles. The standard InChI is InChI=1S/C15H28N2O3/c1-4-11(2)13(14(18)19)16-15(20)17(3)12-9-7-5-6-8-10-12/h11-13H,4-10H2,1-3H3,(H,16,20)(H,18,19)/t11-,13-/m0/s1. The van der Waals surface area contributed by atoms with Crippen LogP contribution in [-0.4, -0.2) is 41.1 Å². The molecule has 0 saturated heterocycles. The normalized spacial score (nSPS) is 19.8. The fourth-order valence-electron chi connectivity index (χ4n) is 2.73. The van der Waals surface area contributed by atoms with Gasteiger partial charge in [0.1, 0.15) is 6.04 Å². The zero-order valence-electron chi connectivity index (χ0n) is 12.9. The maximum atomic E-state index is 12.2. The van der Waals surface area contributed by atoms with E-state index in [-0.39, 0.29) is 18.0 Å². The molecule has 0 radical (unpaired) electrons. The van der Waals surface area contributed by atoms with Crippen LogP contribution in [0, 0.1) is 5.92 Å². The first-order chi connectivity index (χ1) is 9.47. The van der Waals surface area contributed by atoms with Crippen LogP contribution in [0.3, 0.4) is 0 Å². The summed E-state index contributed by atoms with van der Waals surface area (Å²) in [5, 5.41) is 11.9. The molecule has 0 aromatic heterocycles. The average Bonchev–Trinajstić information content (AvgIpc) is 2.71. The molecule has 0 heterocycles. The van der Waals surface area contributed by atoms with Gasteiger partial charge in [-0.15, -0.1) is 0 Å². The number of amides is 2. The summed E-state index contributed by atoms with van der Waals surface area (Å²) in [6.07, 6.45) is 7.53.